The number of rotatable bonds is 3. The summed E-state index contributed by atoms with van der Waals surface area (Å²) in [5.74, 6) is 0.610. The Labute approximate surface area is 151 Å². The summed E-state index contributed by atoms with van der Waals surface area (Å²) >= 11 is 1.48. The molecule has 3 aromatic rings. The van der Waals surface area contributed by atoms with Crippen molar-refractivity contribution in [3.63, 3.8) is 0 Å². The average molecular weight is 354 g/mol. The van der Waals surface area contributed by atoms with Crippen molar-refractivity contribution in [1.29, 1.82) is 0 Å². The Bertz CT molecular complexity index is 936. The van der Waals surface area contributed by atoms with Crippen molar-refractivity contribution >= 4 is 34.2 Å². The molecule has 2 aromatic heterocycles. The van der Waals surface area contributed by atoms with E-state index in [2.05, 4.69) is 39.7 Å². The predicted molar refractivity (Wildman–Crippen MR) is 101 cm³/mol. The third-order valence-corrected chi connectivity index (χ3v) is 5.90. The topological polar surface area (TPSA) is 50.5 Å². The maximum Gasteiger partial charge on any atom is 0.233 e. The molecule has 1 saturated heterocycles. The number of pyridine rings is 1. The van der Waals surface area contributed by atoms with Gasteiger partial charge in [-0.15, -0.1) is 10.2 Å². The van der Waals surface area contributed by atoms with E-state index in [4.69, 9.17) is 0 Å². The first-order valence-corrected chi connectivity index (χ1v) is 9.79. The van der Waals surface area contributed by atoms with Gasteiger partial charge in [0.25, 0.3) is 0 Å². The van der Waals surface area contributed by atoms with Crippen molar-refractivity contribution in [3.8, 4) is 0 Å². The zero-order chi connectivity index (χ0) is 17.4. The summed E-state index contributed by atoms with van der Waals surface area (Å²) < 4.78 is 2.07. The van der Waals surface area contributed by atoms with Gasteiger partial charge in [0.2, 0.25) is 5.91 Å². The maximum atomic E-state index is 12.6. The number of para-hydroxylation sites is 1. The highest BCUT2D eigenvalue weighted by Gasteiger charge is 2.23. The van der Waals surface area contributed by atoms with E-state index in [0.29, 0.717) is 11.8 Å². The van der Waals surface area contributed by atoms with Crippen molar-refractivity contribution in [2.75, 3.05) is 12.3 Å². The molecule has 0 spiro atoms. The lowest BCUT2D eigenvalue weighted by atomic mass is 10.0. The maximum absolute atomic E-state index is 12.6. The Morgan fingerprint density at radius 1 is 1.28 bits per heavy atom. The van der Waals surface area contributed by atoms with Crippen LogP contribution in [0.5, 0.6) is 0 Å². The van der Waals surface area contributed by atoms with Crippen LogP contribution in [-0.2, 0) is 4.79 Å². The van der Waals surface area contributed by atoms with Gasteiger partial charge in [-0.2, -0.15) is 0 Å². The molecule has 1 aliphatic heterocycles. The summed E-state index contributed by atoms with van der Waals surface area (Å²) in [6.45, 7) is 5.07. The summed E-state index contributed by atoms with van der Waals surface area (Å²) in [5, 5.41) is 10.6. The third-order valence-electron chi connectivity index (χ3n) is 4.98. The molecule has 0 N–H and O–H groups in total. The molecule has 1 atom stereocenters. The van der Waals surface area contributed by atoms with Gasteiger partial charge in [-0.3, -0.25) is 9.20 Å². The molecule has 1 fully saturated rings. The molecule has 0 saturated carbocycles. The SMILES string of the molecule is Cc1cc2ccccc2n2c(SCC(=O)N3CCCC[C@H]3C)nnc12. The molecule has 6 heteroatoms. The first kappa shape index (κ1) is 16.4. The standard InChI is InChI=1S/C19H22N4OS/c1-13-11-15-8-3-4-9-16(15)23-18(13)20-21-19(23)25-12-17(24)22-10-6-5-7-14(22)2/h3-4,8-9,11,14H,5-7,10,12H2,1-2H3/t14-/m1/s1. The summed E-state index contributed by atoms with van der Waals surface area (Å²) in [5.41, 5.74) is 3.03. The lowest BCUT2D eigenvalue weighted by molar-refractivity contribution is -0.131. The van der Waals surface area contributed by atoms with Gasteiger partial charge in [0.05, 0.1) is 11.3 Å². The van der Waals surface area contributed by atoms with Crippen LogP contribution in [0.4, 0.5) is 0 Å². The average Bonchev–Trinajstić information content (AvgIpc) is 3.05. The van der Waals surface area contributed by atoms with E-state index in [1.54, 1.807) is 0 Å². The monoisotopic (exact) mass is 354 g/mol. The molecule has 0 bridgehead atoms. The number of hydrogen-bond acceptors (Lipinski definition) is 4. The third kappa shape index (κ3) is 2.99. The lowest BCUT2D eigenvalue weighted by Gasteiger charge is -2.33. The van der Waals surface area contributed by atoms with Gasteiger partial charge in [0.15, 0.2) is 10.8 Å². The zero-order valence-electron chi connectivity index (χ0n) is 14.6. The van der Waals surface area contributed by atoms with Crippen LogP contribution in [0, 0.1) is 6.92 Å². The Morgan fingerprint density at radius 2 is 2.12 bits per heavy atom. The van der Waals surface area contributed by atoms with E-state index in [9.17, 15) is 4.79 Å². The van der Waals surface area contributed by atoms with Gasteiger partial charge in [-0.05, 0) is 56.2 Å². The molecule has 25 heavy (non-hydrogen) atoms. The highest BCUT2D eigenvalue weighted by atomic mass is 32.2. The van der Waals surface area contributed by atoms with Crippen molar-refractivity contribution in [3.05, 3.63) is 35.9 Å². The minimum atomic E-state index is 0.200. The molecular weight excluding hydrogens is 332 g/mol. The number of carbonyl (C=O) groups excluding carboxylic acids is 1. The van der Waals surface area contributed by atoms with E-state index in [1.807, 2.05) is 24.0 Å². The number of carbonyl (C=O) groups is 1. The number of aromatic nitrogens is 3. The first-order chi connectivity index (χ1) is 12.1. The molecule has 4 rings (SSSR count). The van der Waals surface area contributed by atoms with Crippen LogP contribution in [0.3, 0.4) is 0 Å². The highest BCUT2D eigenvalue weighted by Crippen LogP contribution is 2.26. The fraction of sp³-hybridized carbons (Fsp3) is 0.421. The summed E-state index contributed by atoms with van der Waals surface area (Å²) in [7, 11) is 0. The molecule has 1 amide bonds. The van der Waals surface area contributed by atoms with Gasteiger partial charge in [0, 0.05) is 12.6 Å². The molecule has 0 aliphatic carbocycles. The quantitative estimate of drug-likeness (QED) is 0.673. The number of piperidine rings is 1. The van der Waals surface area contributed by atoms with Crippen molar-refractivity contribution in [2.24, 2.45) is 0 Å². The number of aryl methyl sites for hydroxylation is 1. The van der Waals surface area contributed by atoms with E-state index in [0.717, 1.165) is 46.7 Å². The van der Waals surface area contributed by atoms with Crippen molar-refractivity contribution < 1.29 is 4.79 Å². The fourth-order valence-corrected chi connectivity index (χ4v) is 4.46. The summed E-state index contributed by atoms with van der Waals surface area (Å²) in [4.78, 5) is 14.6. The number of fused-ring (bicyclic) bond motifs is 3. The molecule has 0 unspecified atom stereocenters. The number of amides is 1. The van der Waals surface area contributed by atoms with Gasteiger partial charge in [-0.25, -0.2) is 0 Å². The van der Waals surface area contributed by atoms with E-state index in [1.165, 1.54) is 18.2 Å². The molecule has 5 nitrogen and oxygen atoms in total. The van der Waals surface area contributed by atoms with Crippen LogP contribution in [0.1, 0.15) is 31.7 Å². The van der Waals surface area contributed by atoms with Crippen LogP contribution < -0.4 is 0 Å². The molecule has 0 radical (unpaired) electrons. The molecule has 130 valence electrons. The van der Waals surface area contributed by atoms with Crippen LogP contribution in [-0.4, -0.2) is 43.7 Å². The van der Waals surface area contributed by atoms with Crippen molar-refractivity contribution in [1.82, 2.24) is 19.5 Å². The van der Waals surface area contributed by atoms with Crippen LogP contribution >= 0.6 is 11.8 Å². The van der Waals surface area contributed by atoms with Gasteiger partial charge >= 0.3 is 0 Å². The minimum Gasteiger partial charge on any atom is -0.339 e. The second-order valence-corrected chi connectivity index (χ2v) is 7.69. The predicted octanol–water partition coefficient (Wildman–Crippen LogP) is 3.68. The number of nitrogens with zero attached hydrogens (tertiary/aromatic N) is 4. The second kappa shape index (κ2) is 6.67. The van der Waals surface area contributed by atoms with Crippen LogP contribution in [0.15, 0.2) is 35.5 Å². The number of hydrogen-bond donors (Lipinski definition) is 0. The Morgan fingerprint density at radius 3 is 2.96 bits per heavy atom. The van der Waals surface area contributed by atoms with Gasteiger partial charge in [-0.1, -0.05) is 30.0 Å². The first-order valence-electron chi connectivity index (χ1n) is 8.81. The number of thioether (sulfide) groups is 1. The largest absolute Gasteiger partial charge is 0.339 e. The van der Waals surface area contributed by atoms with Crippen LogP contribution in [0.25, 0.3) is 16.6 Å². The van der Waals surface area contributed by atoms with Gasteiger partial charge < -0.3 is 4.90 Å². The summed E-state index contributed by atoms with van der Waals surface area (Å²) in [6, 6.07) is 10.7. The fourth-order valence-electron chi connectivity index (χ4n) is 3.62. The normalized spacial score (nSPS) is 18.2. The smallest absolute Gasteiger partial charge is 0.233 e. The molecular formula is C19H22N4OS. The van der Waals surface area contributed by atoms with E-state index < -0.39 is 0 Å². The number of likely N-dealkylation sites (tertiary alicyclic amines) is 1. The lowest BCUT2D eigenvalue weighted by Crippen LogP contribution is -2.42. The van der Waals surface area contributed by atoms with E-state index in [-0.39, 0.29) is 5.91 Å². The van der Waals surface area contributed by atoms with Crippen LogP contribution in [0.2, 0.25) is 0 Å². The highest BCUT2D eigenvalue weighted by molar-refractivity contribution is 7.99. The second-order valence-electron chi connectivity index (χ2n) is 6.75. The van der Waals surface area contributed by atoms with Gasteiger partial charge in [0.1, 0.15) is 0 Å². The Balaban J connectivity index is 1.63. The molecule has 3 heterocycles. The molecule has 1 aliphatic rings. The minimum absolute atomic E-state index is 0.200. The van der Waals surface area contributed by atoms with E-state index >= 15 is 0 Å². The number of benzene rings is 1. The molecule has 1 aromatic carbocycles. The zero-order valence-corrected chi connectivity index (χ0v) is 15.4. The Hall–Kier alpha value is -2.08. The van der Waals surface area contributed by atoms with Crippen molar-refractivity contribution in [2.45, 2.75) is 44.3 Å². The summed E-state index contributed by atoms with van der Waals surface area (Å²) in [6.07, 6.45) is 3.44. The Kier molecular flexibility index (Phi) is 4.37.